The zero-order chi connectivity index (χ0) is 22.1. The quantitative estimate of drug-likeness (QED) is 0.273. The average Bonchev–Trinajstić information content (AvgIpc) is 2.62. The largest absolute Gasteiger partial charge is 0.480 e. The van der Waals surface area contributed by atoms with Gasteiger partial charge in [-0.15, -0.1) is 0 Å². The molecule has 0 atom stereocenters. The highest BCUT2D eigenvalue weighted by atomic mass is 16.4. The summed E-state index contributed by atoms with van der Waals surface area (Å²) in [5.74, 6) is -3.83. The van der Waals surface area contributed by atoms with E-state index in [0.29, 0.717) is 6.42 Å². The van der Waals surface area contributed by atoms with Crippen LogP contribution in [0.25, 0.3) is 0 Å². The van der Waals surface area contributed by atoms with Crippen LogP contribution < -0.4 is 0 Å². The number of aliphatic carboxylic acids is 3. The molecule has 0 saturated heterocycles. The molecular formula is C20H36N2O7. The fourth-order valence-corrected chi connectivity index (χ4v) is 3.06. The highest BCUT2D eigenvalue weighted by molar-refractivity contribution is 5.81. The van der Waals surface area contributed by atoms with Crippen molar-refractivity contribution in [3.05, 3.63) is 0 Å². The number of carboxylic acid groups (broad SMARTS) is 3. The Morgan fingerprint density at radius 1 is 0.621 bits per heavy atom. The molecule has 9 nitrogen and oxygen atoms in total. The molecule has 168 valence electrons. The van der Waals surface area contributed by atoms with Crippen LogP contribution in [0.2, 0.25) is 0 Å². The van der Waals surface area contributed by atoms with E-state index in [9.17, 15) is 19.2 Å². The van der Waals surface area contributed by atoms with Crippen molar-refractivity contribution in [1.82, 2.24) is 9.80 Å². The predicted octanol–water partition coefficient (Wildman–Crippen LogP) is 2.29. The topological polar surface area (TPSA) is 135 Å². The summed E-state index contributed by atoms with van der Waals surface area (Å²) in [6.07, 6.45) is 10.2. The van der Waals surface area contributed by atoms with Gasteiger partial charge in [-0.2, -0.15) is 0 Å². The summed E-state index contributed by atoms with van der Waals surface area (Å²) in [7, 11) is 0. The number of rotatable bonds is 19. The minimum absolute atomic E-state index is 0.0185. The van der Waals surface area contributed by atoms with E-state index in [1.807, 2.05) is 0 Å². The van der Waals surface area contributed by atoms with Crippen LogP contribution in [0.4, 0.5) is 0 Å². The normalized spacial score (nSPS) is 10.8. The van der Waals surface area contributed by atoms with E-state index >= 15 is 0 Å². The molecule has 0 unspecified atom stereocenters. The van der Waals surface area contributed by atoms with Crippen LogP contribution in [0.3, 0.4) is 0 Å². The molecule has 0 aliphatic rings. The molecule has 0 heterocycles. The predicted molar refractivity (Wildman–Crippen MR) is 108 cm³/mol. The smallest absolute Gasteiger partial charge is 0.323 e. The van der Waals surface area contributed by atoms with E-state index in [0.717, 1.165) is 29.1 Å². The molecule has 0 rings (SSSR count). The maximum Gasteiger partial charge on any atom is 0.323 e. The van der Waals surface area contributed by atoms with Crippen molar-refractivity contribution < 1.29 is 34.5 Å². The molecule has 0 aromatic rings. The fraction of sp³-hybridized carbons (Fsp3) is 0.800. The molecule has 0 radical (unpaired) electrons. The number of hydrogen-bond donors (Lipinski definition) is 3. The van der Waals surface area contributed by atoms with Crippen LogP contribution in [0.5, 0.6) is 0 Å². The Hall–Kier alpha value is -2.16. The van der Waals surface area contributed by atoms with Crippen molar-refractivity contribution >= 4 is 23.8 Å². The number of unbranched alkanes of at least 4 members (excludes halogenated alkanes) is 8. The van der Waals surface area contributed by atoms with Crippen LogP contribution in [-0.4, -0.2) is 81.7 Å². The highest BCUT2D eigenvalue weighted by Crippen LogP contribution is 2.11. The number of carbonyl (C=O) groups excluding carboxylic acids is 1. The van der Waals surface area contributed by atoms with Gasteiger partial charge in [0.2, 0.25) is 5.91 Å². The molecule has 0 aliphatic heterocycles. The zero-order valence-corrected chi connectivity index (χ0v) is 17.5. The van der Waals surface area contributed by atoms with Gasteiger partial charge in [-0.3, -0.25) is 24.1 Å². The molecule has 0 fully saturated rings. The van der Waals surface area contributed by atoms with Crippen molar-refractivity contribution in [2.45, 2.75) is 71.1 Å². The first kappa shape index (κ1) is 26.8. The Labute approximate surface area is 172 Å². The van der Waals surface area contributed by atoms with E-state index in [1.165, 1.54) is 32.1 Å². The highest BCUT2D eigenvalue weighted by Gasteiger charge is 2.19. The van der Waals surface area contributed by atoms with E-state index in [2.05, 4.69) is 6.92 Å². The monoisotopic (exact) mass is 416 g/mol. The van der Waals surface area contributed by atoms with Gasteiger partial charge in [-0.1, -0.05) is 58.3 Å². The first-order valence-electron chi connectivity index (χ1n) is 10.4. The third-order valence-corrected chi connectivity index (χ3v) is 4.58. The standard InChI is InChI=1S/C20H36N2O7/c1-2-3-4-5-6-7-8-9-10-11-17(23)22(16-20(28)29)13-12-21(14-18(24)25)15-19(26)27/h2-16H2,1H3,(H,24,25)(H,26,27)(H,28,29). The van der Waals surface area contributed by atoms with Gasteiger partial charge >= 0.3 is 17.9 Å². The van der Waals surface area contributed by atoms with Gasteiger partial charge in [-0.25, -0.2) is 0 Å². The van der Waals surface area contributed by atoms with Crippen molar-refractivity contribution in [3.8, 4) is 0 Å². The number of carboxylic acids is 3. The van der Waals surface area contributed by atoms with E-state index in [4.69, 9.17) is 15.3 Å². The first-order valence-corrected chi connectivity index (χ1v) is 10.4. The molecule has 0 bridgehead atoms. The van der Waals surface area contributed by atoms with Crippen molar-refractivity contribution in [1.29, 1.82) is 0 Å². The third-order valence-electron chi connectivity index (χ3n) is 4.58. The number of nitrogens with zero attached hydrogens (tertiary/aromatic N) is 2. The maximum absolute atomic E-state index is 12.4. The van der Waals surface area contributed by atoms with Gasteiger partial charge in [0, 0.05) is 19.5 Å². The van der Waals surface area contributed by atoms with Crippen molar-refractivity contribution in [2.24, 2.45) is 0 Å². The molecule has 0 aromatic carbocycles. The second-order valence-corrected chi connectivity index (χ2v) is 7.29. The maximum atomic E-state index is 12.4. The molecule has 1 amide bonds. The Balaban J connectivity index is 4.32. The average molecular weight is 417 g/mol. The minimum atomic E-state index is -1.18. The van der Waals surface area contributed by atoms with Gasteiger partial charge in [-0.05, 0) is 6.42 Å². The Morgan fingerprint density at radius 3 is 1.52 bits per heavy atom. The molecule has 0 aromatic heterocycles. The van der Waals surface area contributed by atoms with Crippen LogP contribution in [0.15, 0.2) is 0 Å². The summed E-state index contributed by atoms with van der Waals surface area (Å²) in [6, 6.07) is 0. The second kappa shape index (κ2) is 16.8. The summed E-state index contributed by atoms with van der Waals surface area (Å²) in [6.45, 7) is 0.683. The summed E-state index contributed by atoms with van der Waals surface area (Å²) >= 11 is 0. The molecular weight excluding hydrogens is 380 g/mol. The van der Waals surface area contributed by atoms with Crippen LogP contribution >= 0.6 is 0 Å². The SMILES string of the molecule is CCCCCCCCCCCC(=O)N(CCN(CC(=O)O)CC(=O)O)CC(=O)O. The van der Waals surface area contributed by atoms with Crippen LogP contribution in [0, 0.1) is 0 Å². The lowest BCUT2D eigenvalue weighted by molar-refractivity contribution is -0.145. The lowest BCUT2D eigenvalue weighted by atomic mass is 10.1. The van der Waals surface area contributed by atoms with Crippen molar-refractivity contribution in [2.75, 3.05) is 32.7 Å². The van der Waals surface area contributed by atoms with Gasteiger partial charge in [0.05, 0.1) is 13.1 Å². The van der Waals surface area contributed by atoms with E-state index in [-0.39, 0.29) is 25.4 Å². The third kappa shape index (κ3) is 16.5. The van der Waals surface area contributed by atoms with Gasteiger partial charge in [0.15, 0.2) is 0 Å². The molecule has 0 aliphatic carbocycles. The number of carbonyl (C=O) groups is 4. The molecule has 9 heteroatoms. The number of amides is 1. The number of hydrogen-bond acceptors (Lipinski definition) is 5. The van der Waals surface area contributed by atoms with E-state index < -0.39 is 37.5 Å². The van der Waals surface area contributed by atoms with Gasteiger partial charge in [0.1, 0.15) is 6.54 Å². The second-order valence-electron chi connectivity index (χ2n) is 7.29. The van der Waals surface area contributed by atoms with E-state index in [1.54, 1.807) is 0 Å². The summed E-state index contributed by atoms with van der Waals surface area (Å²) in [4.78, 5) is 47.4. The first-order chi connectivity index (χ1) is 13.8. The Morgan fingerprint density at radius 2 is 1.07 bits per heavy atom. The lowest BCUT2D eigenvalue weighted by Crippen LogP contribution is -2.44. The molecule has 0 saturated carbocycles. The summed E-state index contributed by atoms with van der Waals surface area (Å²) < 4.78 is 0. The molecule has 29 heavy (non-hydrogen) atoms. The fourth-order valence-electron chi connectivity index (χ4n) is 3.06. The molecule has 0 spiro atoms. The van der Waals surface area contributed by atoms with Crippen molar-refractivity contribution in [3.63, 3.8) is 0 Å². The summed E-state index contributed by atoms with van der Waals surface area (Å²) in [5, 5.41) is 26.7. The minimum Gasteiger partial charge on any atom is -0.480 e. The Bertz CT molecular complexity index is 495. The lowest BCUT2D eigenvalue weighted by Gasteiger charge is -2.25. The molecule has 3 N–H and O–H groups in total. The van der Waals surface area contributed by atoms with Gasteiger partial charge in [0.25, 0.3) is 0 Å². The van der Waals surface area contributed by atoms with Crippen LogP contribution in [-0.2, 0) is 19.2 Å². The zero-order valence-electron chi connectivity index (χ0n) is 17.5. The Kier molecular flexibility index (Phi) is 15.5. The summed E-state index contributed by atoms with van der Waals surface area (Å²) in [5.41, 5.74) is 0. The van der Waals surface area contributed by atoms with Gasteiger partial charge < -0.3 is 20.2 Å². The van der Waals surface area contributed by atoms with Crippen LogP contribution in [0.1, 0.15) is 71.1 Å².